The fourth-order valence-electron chi connectivity index (χ4n) is 4.28. The zero-order valence-electron chi connectivity index (χ0n) is 20.6. The smallest absolute Gasteiger partial charge is 0.295 e. The van der Waals surface area contributed by atoms with Crippen LogP contribution < -0.4 is 5.46 Å². The second-order valence-electron chi connectivity index (χ2n) is 9.34. The molecule has 0 aromatic heterocycles. The van der Waals surface area contributed by atoms with Crippen molar-refractivity contribution in [3.63, 3.8) is 0 Å². The van der Waals surface area contributed by atoms with Crippen LogP contribution in [0.4, 0.5) is 0 Å². The molecule has 0 saturated carbocycles. The molecule has 0 bridgehead atoms. The van der Waals surface area contributed by atoms with Gasteiger partial charge in [0.25, 0.3) is 10.1 Å². The Balaban J connectivity index is 2.64. The lowest BCUT2D eigenvalue weighted by atomic mass is 9.77. The Labute approximate surface area is 216 Å². The van der Waals surface area contributed by atoms with E-state index in [9.17, 15) is 22.9 Å². The van der Waals surface area contributed by atoms with E-state index in [2.05, 4.69) is 15.9 Å². The molecule has 2 radical (unpaired) electrons. The van der Waals surface area contributed by atoms with Crippen LogP contribution >= 0.6 is 15.9 Å². The Morgan fingerprint density at radius 3 is 2.17 bits per heavy atom. The molecule has 0 amide bonds. The average molecular weight is 555 g/mol. The number of phenolic OH excluding ortho intramolecular Hbond substituents is 1. The van der Waals surface area contributed by atoms with Crippen LogP contribution in [0, 0.1) is 12.8 Å². The summed E-state index contributed by atoms with van der Waals surface area (Å²) in [4.78, 5) is 12.7. The molecule has 0 saturated heterocycles. The van der Waals surface area contributed by atoms with Gasteiger partial charge in [-0.3, -0.25) is 9.35 Å². The van der Waals surface area contributed by atoms with Crippen molar-refractivity contribution in [2.24, 2.45) is 5.92 Å². The number of hydrogen-bond donors (Lipinski definition) is 2. The number of ketones is 1. The van der Waals surface area contributed by atoms with E-state index in [-0.39, 0.29) is 39.3 Å². The summed E-state index contributed by atoms with van der Waals surface area (Å²) in [6.45, 7) is 11.2. The van der Waals surface area contributed by atoms with Crippen molar-refractivity contribution < 1.29 is 22.9 Å². The Morgan fingerprint density at radius 1 is 1.03 bits per heavy atom. The Kier molecular flexibility index (Phi) is 7.70. The first-order chi connectivity index (χ1) is 16.2. The van der Waals surface area contributed by atoms with Crippen LogP contribution in [-0.2, 0) is 14.9 Å². The van der Waals surface area contributed by atoms with Gasteiger partial charge in [0, 0.05) is 11.1 Å². The van der Waals surface area contributed by atoms with Crippen LogP contribution in [0.1, 0.15) is 62.8 Å². The quantitative estimate of drug-likeness (QED) is 0.376. The summed E-state index contributed by atoms with van der Waals surface area (Å²) < 4.78 is 35.3. The maximum atomic E-state index is 13.0. The van der Waals surface area contributed by atoms with Crippen molar-refractivity contribution in [2.45, 2.75) is 52.4 Å². The molecular formula is C27H28BBrO5S. The number of halogens is 1. The predicted octanol–water partition coefficient (Wildman–Crippen LogP) is 5.50. The average Bonchev–Trinajstić information content (AvgIpc) is 2.78. The fraction of sp³-hybridized carbons (Fsp3) is 0.296. The molecule has 1 aliphatic rings. The summed E-state index contributed by atoms with van der Waals surface area (Å²) in [5, 5.41) is 10.7. The highest BCUT2D eigenvalue weighted by Crippen LogP contribution is 2.42. The minimum Gasteiger partial charge on any atom is -0.508 e. The van der Waals surface area contributed by atoms with E-state index >= 15 is 0 Å². The zero-order valence-corrected chi connectivity index (χ0v) is 23.0. The van der Waals surface area contributed by atoms with Crippen LogP contribution in [0.5, 0.6) is 5.75 Å². The Hall–Kier alpha value is -2.42. The molecule has 0 fully saturated rings. The van der Waals surface area contributed by atoms with Crippen molar-refractivity contribution >= 4 is 50.7 Å². The van der Waals surface area contributed by atoms with Crippen molar-refractivity contribution in [1.29, 1.82) is 0 Å². The molecule has 1 aliphatic carbocycles. The normalized spacial score (nSPS) is 16.3. The van der Waals surface area contributed by atoms with Gasteiger partial charge in [0.2, 0.25) is 0 Å². The lowest BCUT2D eigenvalue weighted by Crippen LogP contribution is -2.18. The molecule has 5 nitrogen and oxygen atoms in total. The summed E-state index contributed by atoms with van der Waals surface area (Å²) in [5.41, 5.74) is 4.51. The molecule has 0 unspecified atom stereocenters. The van der Waals surface area contributed by atoms with Gasteiger partial charge in [-0.1, -0.05) is 51.4 Å². The number of hydrogen-bond acceptors (Lipinski definition) is 4. The molecule has 182 valence electrons. The monoisotopic (exact) mass is 554 g/mol. The lowest BCUT2D eigenvalue weighted by molar-refractivity contribution is -0.112. The van der Waals surface area contributed by atoms with Gasteiger partial charge in [0.15, 0.2) is 5.78 Å². The van der Waals surface area contributed by atoms with Crippen LogP contribution in [0.3, 0.4) is 0 Å². The van der Waals surface area contributed by atoms with E-state index in [1.54, 1.807) is 38.1 Å². The second kappa shape index (κ2) is 9.92. The number of Topliss-reactive ketones (excluding diaryl/α,β-unsaturated/α-hetero) is 1. The van der Waals surface area contributed by atoms with Crippen LogP contribution in [0.2, 0.25) is 0 Å². The van der Waals surface area contributed by atoms with Crippen molar-refractivity contribution in [2.75, 3.05) is 0 Å². The highest BCUT2D eigenvalue weighted by molar-refractivity contribution is 9.12. The Bertz CT molecular complexity index is 1430. The van der Waals surface area contributed by atoms with Gasteiger partial charge in [0.05, 0.1) is 4.48 Å². The number of aromatic hydroxyl groups is 1. The van der Waals surface area contributed by atoms with Gasteiger partial charge in [-0.15, -0.1) is 0 Å². The van der Waals surface area contributed by atoms with Gasteiger partial charge >= 0.3 is 0 Å². The van der Waals surface area contributed by atoms with E-state index in [0.717, 1.165) is 0 Å². The van der Waals surface area contributed by atoms with Crippen LogP contribution in [0.15, 0.2) is 62.5 Å². The zero-order chi connectivity index (χ0) is 26.4. The molecule has 3 rings (SSSR count). The fourth-order valence-corrected chi connectivity index (χ4v) is 5.42. The number of phenols is 1. The molecule has 2 aromatic carbocycles. The third-order valence-electron chi connectivity index (χ3n) is 6.35. The third kappa shape index (κ3) is 4.97. The number of allylic oxidation sites excluding steroid dienone is 5. The molecule has 2 aromatic rings. The van der Waals surface area contributed by atoms with E-state index < -0.39 is 10.1 Å². The largest absolute Gasteiger partial charge is 0.508 e. The molecule has 8 heteroatoms. The molecule has 0 spiro atoms. The lowest BCUT2D eigenvalue weighted by Gasteiger charge is -2.26. The first kappa shape index (κ1) is 27.2. The summed E-state index contributed by atoms with van der Waals surface area (Å²) in [5.74, 6) is -0.306. The molecule has 0 atom stereocenters. The third-order valence-corrected chi connectivity index (χ3v) is 8.21. The highest BCUT2D eigenvalue weighted by atomic mass is 79.9. The first-order valence-electron chi connectivity index (χ1n) is 11.2. The summed E-state index contributed by atoms with van der Waals surface area (Å²) in [7, 11) is 1.73. The molecular weight excluding hydrogens is 527 g/mol. The second-order valence-corrected chi connectivity index (χ2v) is 11.5. The number of carbonyl (C=O) groups excluding carboxylic acids is 1. The van der Waals surface area contributed by atoms with Gasteiger partial charge in [0.1, 0.15) is 18.5 Å². The maximum absolute atomic E-state index is 13.0. The minimum absolute atomic E-state index is 0.0145. The van der Waals surface area contributed by atoms with Crippen molar-refractivity contribution in [1.82, 2.24) is 0 Å². The molecule has 2 N–H and O–H groups in total. The van der Waals surface area contributed by atoms with Crippen molar-refractivity contribution in [3.05, 3.63) is 79.9 Å². The topological polar surface area (TPSA) is 91.7 Å². The molecule has 0 aliphatic heterocycles. The Morgan fingerprint density at radius 2 is 1.63 bits per heavy atom. The van der Waals surface area contributed by atoms with Gasteiger partial charge in [-0.25, -0.2) is 0 Å². The number of benzene rings is 2. The highest BCUT2D eigenvalue weighted by Gasteiger charge is 2.30. The standard InChI is InChI=1S/C27H28BBrO5S/c1-13(2)18-11-20(15(5)24(28)26(18)30)23(17-9-7-8-10-22(17)35(32,33)34)21-12-19(14(3)4)27(31)25(29)16(21)6/h7-14,30H,1-6H3,(H,32,33,34)/b23-21-. The first-order valence-corrected chi connectivity index (χ1v) is 13.5. The maximum Gasteiger partial charge on any atom is 0.295 e. The van der Waals surface area contributed by atoms with Crippen molar-refractivity contribution in [3.8, 4) is 5.75 Å². The number of rotatable bonds is 5. The van der Waals surface area contributed by atoms with Gasteiger partial charge in [-0.2, -0.15) is 8.42 Å². The van der Waals surface area contributed by atoms with E-state index in [4.69, 9.17) is 7.85 Å². The number of carbonyl (C=O) groups is 1. The minimum atomic E-state index is -4.58. The summed E-state index contributed by atoms with van der Waals surface area (Å²) >= 11 is 3.44. The molecule has 35 heavy (non-hydrogen) atoms. The van der Waals surface area contributed by atoms with Crippen LogP contribution in [-0.4, -0.2) is 31.7 Å². The van der Waals surface area contributed by atoms with Gasteiger partial charge < -0.3 is 5.11 Å². The van der Waals surface area contributed by atoms with E-state index in [1.807, 2.05) is 27.7 Å². The summed E-state index contributed by atoms with van der Waals surface area (Å²) in [6.07, 6.45) is 1.78. The van der Waals surface area contributed by atoms with E-state index in [1.165, 1.54) is 12.1 Å². The predicted molar refractivity (Wildman–Crippen MR) is 144 cm³/mol. The van der Waals surface area contributed by atoms with E-state index in [0.29, 0.717) is 43.5 Å². The summed E-state index contributed by atoms with van der Waals surface area (Å²) in [6, 6.07) is 7.97. The molecule has 0 heterocycles. The SMILES string of the molecule is [B]c1c(C)c(/C(=C2/C=C(C(C)C)C(=O)C(Br)=C2C)c2ccccc2S(=O)(=O)O)cc(C(C)C)c1O. The van der Waals surface area contributed by atoms with Gasteiger partial charge in [-0.05, 0) is 93.2 Å². The van der Waals surface area contributed by atoms with Crippen LogP contribution in [0.25, 0.3) is 5.57 Å².